The highest BCUT2D eigenvalue weighted by molar-refractivity contribution is 5.99. The fourth-order valence-electron chi connectivity index (χ4n) is 4.43. The molecule has 1 aliphatic heterocycles. The summed E-state index contributed by atoms with van der Waals surface area (Å²) in [5.41, 5.74) is -0.251. The first-order valence-electron chi connectivity index (χ1n) is 10.9. The smallest absolute Gasteiger partial charge is 0.417 e. The highest BCUT2D eigenvalue weighted by Crippen LogP contribution is 2.38. The quantitative estimate of drug-likeness (QED) is 0.446. The van der Waals surface area contributed by atoms with Crippen LogP contribution in [-0.4, -0.2) is 25.7 Å². The van der Waals surface area contributed by atoms with Gasteiger partial charge >= 0.3 is 6.18 Å². The van der Waals surface area contributed by atoms with E-state index < -0.39 is 23.5 Å². The molecule has 0 aromatic heterocycles. The lowest BCUT2D eigenvalue weighted by Crippen LogP contribution is -2.35. The van der Waals surface area contributed by atoms with Crippen molar-refractivity contribution in [3.05, 3.63) is 64.5 Å². The lowest BCUT2D eigenvalue weighted by atomic mass is 9.87. The van der Waals surface area contributed by atoms with Gasteiger partial charge in [-0.2, -0.15) is 13.2 Å². The lowest BCUT2D eigenvalue weighted by molar-refractivity contribution is -0.138. The molecule has 1 saturated heterocycles. The van der Waals surface area contributed by atoms with Gasteiger partial charge in [0.2, 0.25) is 5.91 Å². The number of rotatable bonds is 5. The minimum Gasteiger partial charge on any atom is -0.493 e. The number of hydrogen-bond acceptors (Lipinski definition) is 3. The van der Waals surface area contributed by atoms with E-state index in [0.29, 0.717) is 24.1 Å². The average Bonchev–Trinajstić information content (AvgIpc) is 3.29. The van der Waals surface area contributed by atoms with Gasteiger partial charge in [0.1, 0.15) is 5.82 Å². The molecule has 33 heavy (non-hydrogen) atoms. The van der Waals surface area contributed by atoms with Crippen LogP contribution in [0.2, 0.25) is 0 Å². The van der Waals surface area contributed by atoms with Crippen LogP contribution in [0.4, 0.5) is 17.6 Å². The number of methoxy groups -OCH3 is 1. The summed E-state index contributed by atoms with van der Waals surface area (Å²) in [6, 6.07) is 8.01. The van der Waals surface area contributed by atoms with E-state index in [-0.39, 0.29) is 29.6 Å². The zero-order chi connectivity index (χ0) is 23.6. The van der Waals surface area contributed by atoms with Crippen LogP contribution in [0.15, 0.2) is 42.0 Å². The van der Waals surface area contributed by atoms with Crippen molar-refractivity contribution in [3.63, 3.8) is 0 Å². The first-order chi connectivity index (χ1) is 15.7. The lowest BCUT2D eigenvalue weighted by Gasteiger charge is -2.26. The topological polar surface area (TPSA) is 47.6 Å². The summed E-state index contributed by atoms with van der Waals surface area (Å²) >= 11 is 0. The van der Waals surface area contributed by atoms with E-state index in [2.05, 4.69) is 5.32 Å². The predicted molar refractivity (Wildman–Crippen MR) is 116 cm³/mol. The summed E-state index contributed by atoms with van der Waals surface area (Å²) in [6.07, 6.45) is 1.06. The first kappa shape index (κ1) is 23.1. The Morgan fingerprint density at radius 3 is 2.52 bits per heavy atom. The number of ether oxygens (including phenoxy) is 2. The van der Waals surface area contributed by atoms with E-state index in [4.69, 9.17) is 9.47 Å². The molecule has 0 bridgehead atoms. The second-order valence-electron chi connectivity index (χ2n) is 8.44. The highest BCUT2D eigenvalue weighted by atomic mass is 19.4. The van der Waals surface area contributed by atoms with Gasteiger partial charge in [0.25, 0.3) is 0 Å². The van der Waals surface area contributed by atoms with E-state index in [9.17, 15) is 22.4 Å². The maximum Gasteiger partial charge on any atom is 0.417 e. The summed E-state index contributed by atoms with van der Waals surface area (Å²) in [7, 11) is 1.57. The molecule has 4 nitrogen and oxygen atoms in total. The van der Waals surface area contributed by atoms with Crippen molar-refractivity contribution in [1.29, 1.82) is 0 Å². The van der Waals surface area contributed by atoms with Gasteiger partial charge in [0.15, 0.2) is 11.5 Å². The maximum absolute atomic E-state index is 13.4. The Balaban J connectivity index is 1.61. The number of hydrogen-bond donors (Lipinski definition) is 1. The number of halogens is 4. The normalized spacial score (nSPS) is 20.7. The van der Waals surface area contributed by atoms with E-state index in [0.717, 1.165) is 43.4 Å². The summed E-state index contributed by atoms with van der Waals surface area (Å²) in [5.74, 6) is -0.326. The average molecular weight is 463 g/mol. The van der Waals surface area contributed by atoms with Crippen LogP contribution >= 0.6 is 0 Å². The molecule has 0 spiro atoms. The van der Waals surface area contributed by atoms with Crippen molar-refractivity contribution in [2.45, 2.75) is 50.3 Å². The summed E-state index contributed by atoms with van der Waals surface area (Å²) < 4.78 is 65.2. The largest absolute Gasteiger partial charge is 0.493 e. The van der Waals surface area contributed by atoms with Gasteiger partial charge in [-0.05, 0) is 73.6 Å². The number of alkyl halides is 3. The summed E-state index contributed by atoms with van der Waals surface area (Å²) in [6.45, 7) is 0.348. The minimum absolute atomic E-state index is 0.134. The first-order valence-corrected chi connectivity index (χ1v) is 10.9. The van der Waals surface area contributed by atoms with E-state index in [1.165, 1.54) is 6.08 Å². The van der Waals surface area contributed by atoms with Crippen LogP contribution in [0.1, 0.15) is 54.7 Å². The van der Waals surface area contributed by atoms with Crippen molar-refractivity contribution in [2.75, 3.05) is 13.7 Å². The molecule has 2 fully saturated rings. The molecule has 8 heteroatoms. The molecule has 1 saturated carbocycles. The molecule has 0 radical (unpaired) electrons. The second kappa shape index (κ2) is 9.45. The SMILES string of the molecule is COc1ccc([C@H]2CNC(=O)/C(=C/c3ccc(F)cc3C(F)(F)F)C2)cc1OC1CCCC1. The number of amides is 1. The third-order valence-corrected chi connectivity index (χ3v) is 6.17. The molecule has 0 unspecified atom stereocenters. The van der Waals surface area contributed by atoms with Gasteiger partial charge in [0, 0.05) is 18.0 Å². The Morgan fingerprint density at radius 2 is 1.82 bits per heavy atom. The second-order valence-corrected chi connectivity index (χ2v) is 8.44. The monoisotopic (exact) mass is 463 g/mol. The molecule has 1 N–H and O–H groups in total. The standard InChI is InChI=1S/C25H25F4NO3/c1-32-22-9-7-15(12-23(22)33-20-4-2-3-5-20)18-11-17(24(31)30-14-18)10-16-6-8-19(26)13-21(16)25(27,28)29/h6-10,12-13,18,20H,2-5,11,14H2,1H3,(H,30,31)/b17-10+/t18-/m1/s1. The van der Waals surface area contributed by atoms with Crippen LogP contribution in [-0.2, 0) is 11.0 Å². The Kier molecular flexibility index (Phi) is 6.63. The zero-order valence-electron chi connectivity index (χ0n) is 18.2. The molecule has 1 amide bonds. The number of nitrogens with one attached hydrogen (secondary N) is 1. The zero-order valence-corrected chi connectivity index (χ0v) is 18.2. The fraction of sp³-hybridized carbons (Fsp3) is 0.400. The van der Waals surface area contributed by atoms with Crippen molar-refractivity contribution < 1.29 is 31.8 Å². The van der Waals surface area contributed by atoms with Crippen LogP contribution in [0.3, 0.4) is 0 Å². The van der Waals surface area contributed by atoms with E-state index in [1.807, 2.05) is 12.1 Å². The van der Waals surface area contributed by atoms with Crippen molar-refractivity contribution in [3.8, 4) is 11.5 Å². The number of benzene rings is 2. The fourth-order valence-corrected chi connectivity index (χ4v) is 4.43. The van der Waals surface area contributed by atoms with Crippen molar-refractivity contribution in [1.82, 2.24) is 5.32 Å². The Labute approximate surface area is 189 Å². The van der Waals surface area contributed by atoms with E-state index in [1.54, 1.807) is 13.2 Å². The summed E-state index contributed by atoms with van der Waals surface area (Å²) in [4.78, 5) is 12.4. The van der Waals surface area contributed by atoms with Crippen molar-refractivity contribution in [2.24, 2.45) is 0 Å². The van der Waals surface area contributed by atoms with Crippen molar-refractivity contribution >= 4 is 12.0 Å². The molecule has 1 heterocycles. The van der Waals surface area contributed by atoms with E-state index >= 15 is 0 Å². The van der Waals surface area contributed by atoms with Gasteiger partial charge in [-0.15, -0.1) is 0 Å². The molecule has 176 valence electrons. The number of piperidine rings is 1. The molecule has 4 rings (SSSR count). The van der Waals surface area contributed by atoms with Crippen LogP contribution in [0.5, 0.6) is 11.5 Å². The Bertz CT molecular complexity index is 1060. The molecule has 1 aliphatic carbocycles. The van der Waals surface area contributed by atoms with Crippen LogP contribution in [0.25, 0.3) is 6.08 Å². The molecule has 2 aliphatic rings. The van der Waals surface area contributed by atoms with Gasteiger partial charge in [-0.1, -0.05) is 12.1 Å². The van der Waals surface area contributed by atoms with Gasteiger partial charge in [0.05, 0.1) is 18.8 Å². The molecule has 2 aromatic carbocycles. The maximum atomic E-state index is 13.4. The number of carbonyl (C=O) groups excluding carboxylic acids is 1. The third kappa shape index (κ3) is 5.31. The Morgan fingerprint density at radius 1 is 1.06 bits per heavy atom. The Hall–Kier alpha value is -3.03. The summed E-state index contributed by atoms with van der Waals surface area (Å²) in [5, 5.41) is 2.76. The van der Waals surface area contributed by atoms with Crippen LogP contribution in [0, 0.1) is 5.82 Å². The third-order valence-electron chi connectivity index (χ3n) is 6.17. The highest BCUT2D eigenvalue weighted by Gasteiger charge is 2.34. The molecule has 2 aromatic rings. The van der Waals surface area contributed by atoms with Gasteiger partial charge in [-0.25, -0.2) is 4.39 Å². The van der Waals surface area contributed by atoms with Gasteiger partial charge in [-0.3, -0.25) is 4.79 Å². The number of carbonyl (C=O) groups is 1. The minimum atomic E-state index is -4.73. The molecule has 1 atom stereocenters. The molecular weight excluding hydrogens is 438 g/mol. The predicted octanol–water partition coefficient (Wildman–Crippen LogP) is 5.86. The molecular formula is C25H25F4NO3. The van der Waals surface area contributed by atoms with Gasteiger partial charge < -0.3 is 14.8 Å². The van der Waals surface area contributed by atoms with Crippen LogP contribution < -0.4 is 14.8 Å².